The van der Waals surface area contributed by atoms with E-state index < -0.39 is 0 Å². The van der Waals surface area contributed by atoms with Gasteiger partial charge in [0.25, 0.3) is 0 Å². The number of hydrogen-bond donors (Lipinski definition) is 3. The Labute approximate surface area is 148 Å². The molecule has 2 atom stereocenters. The first-order valence-electron chi connectivity index (χ1n) is 8.23. The lowest BCUT2D eigenvalue weighted by atomic mass is 10.2. The fourth-order valence-electron chi connectivity index (χ4n) is 3.24. The summed E-state index contributed by atoms with van der Waals surface area (Å²) < 4.78 is 5.86. The van der Waals surface area contributed by atoms with Crippen molar-refractivity contribution in [2.24, 2.45) is 0 Å². The third kappa shape index (κ3) is 3.88. The van der Waals surface area contributed by atoms with E-state index in [1.807, 2.05) is 24.3 Å². The van der Waals surface area contributed by atoms with Crippen molar-refractivity contribution >= 4 is 29.0 Å². The van der Waals surface area contributed by atoms with Crippen molar-refractivity contribution in [3.05, 3.63) is 34.7 Å². The van der Waals surface area contributed by atoms with Gasteiger partial charge in [0.1, 0.15) is 0 Å². The summed E-state index contributed by atoms with van der Waals surface area (Å²) >= 11 is 1.17. The highest BCUT2D eigenvalue weighted by Crippen LogP contribution is 2.30. The molecular formula is C16H19N5O3S. The van der Waals surface area contributed by atoms with Gasteiger partial charge in [-0.2, -0.15) is 0 Å². The molecule has 0 saturated carbocycles. The average molecular weight is 361 g/mol. The van der Waals surface area contributed by atoms with Gasteiger partial charge in [-0.05, 0) is 37.1 Å². The molecule has 3 N–H and O–H groups in total. The molecule has 2 fully saturated rings. The number of anilines is 2. The van der Waals surface area contributed by atoms with E-state index in [0.717, 1.165) is 37.3 Å². The van der Waals surface area contributed by atoms with Crippen LogP contribution in [0.15, 0.2) is 34.2 Å². The SMILES string of the molecule is O=C(CSc1n[nH]c(=O)[nH]1)Nc1ccc(N2CC3CCC(C2)O3)cc1. The highest BCUT2D eigenvalue weighted by atomic mass is 32.2. The number of carbonyl (C=O) groups excluding carboxylic acids is 1. The van der Waals surface area contributed by atoms with Gasteiger partial charge < -0.3 is 15.0 Å². The summed E-state index contributed by atoms with van der Waals surface area (Å²) in [6.45, 7) is 1.86. The van der Waals surface area contributed by atoms with Gasteiger partial charge in [-0.1, -0.05) is 11.8 Å². The van der Waals surface area contributed by atoms with Crippen molar-refractivity contribution in [1.29, 1.82) is 0 Å². The molecule has 2 aliphatic heterocycles. The van der Waals surface area contributed by atoms with E-state index in [1.54, 1.807) is 0 Å². The fraction of sp³-hybridized carbons (Fsp3) is 0.438. The van der Waals surface area contributed by atoms with E-state index >= 15 is 0 Å². The molecule has 2 aliphatic rings. The maximum atomic E-state index is 12.0. The second-order valence-corrected chi connectivity index (χ2v) is 7.19. The van der Waals surface area contributed by atoms with E-state index in [-0.39, 0.29) is 17.3 Å². The van der Waals surface area contributed by atoms with Crippen LogP contribution in [-0.4, -0.2) is 52.1 Å². The molecule has 8 nitrogen and oxygen atoms in total. The molecule has 2 aromatic rings. The van der Waals surface area contributed by atoms with Crippen LogP contribution in [0.1, 0.15) is 12.8 Å². The molecular weight excluding hydrogens is 342 g/mol. The van der Waals surface area contributed by atoms with Crippen molar-refractivity contribution in [3.63, 3.8) is 0 Å². The van der Waals surface area contributed by atoms with Crippen LogP contribution < -0.4 is 15.9 Å². The van der Waals surface area contributed by atoms with Gasteiger partial charge in [0, 0.05) is 24.5 Å². The molecule has 4 rings (SSSR count). The zero-order valence-electron chi connectivity index (χ0n) is 13.5. The molecule has 2 unspecified atom stereocenters. The number of H-pyrrole nitrogens is 2. The molecule has 1 amide bonds. The summed E-state index contributed by atoms with van der Waals surface area (Å²) in [5.74, 6) is 0.0288. The number of aromatic amines is 2. The van der Waals surface area contributed by atoms with Crippen molar-refractivity contribution in [2.75, 3.05) is 29.1 Å². The molecule has 0 aliphatic carbocycles. The van der Waals surface area contributed by atoms with Crippen molar-refractivity contribution in [1.82, 2.24) is 15.2 Å². The molecule has 3 heterocycles. The number of fused-ring (bicyclic) bond motifs is 2. The number of nitrogens with zero attached hydrogens (tertiary/aromatic N) is 2. The molecule has 9 heteroatoms. The minimum absolute atomic E-state index is 0.147. The molecule has 1 aromatic carbocycles. The van der Waals surface area contributed by atoms with Crippen molar-refractivity contribution in [2.45, 2.75) is 30.2 Å². The van der Waals surface area contributed by atoms with Gasteiger partial charge in [-0.25, -0.2) is 9.89 Å². The van der Waals surface area contributed by atoms with Crippen LogP contribution in [0, 0.1) is 0 Å². The predicted molar refractivity (Wildman–Crippen MR) is 95.1 cm³/mol. The van der Waals surface area contributed by atoms with Crippen LogP contribution in [-0.2, 0) is 9.53 Å². The number of thioether (sulfide) groups is 1. The Morgan fingerprint density at radius 3 is 2.64 bits per heavy atom. The lowest BCUT2D eigenvalue weighted by Gasteiger charge is -2.33. The largest absolute Gasteiger partial charge is 0.371 e. The molecule has 2 saturated heterocycles. The number of carbonyl (C=O) groups is 1. The Hall–Kier alpha value is -2.26. The first-order chi connectivity index (χ1) is 12.2. The van der Waals surface area contributed by atoms with Crippen LogP contribution in [0.3, 0.4) is 0 Å². The maximum Gasteiger partial charge on any atom is 0.341 e. The summed E-state index contributed by atoms with van der Waals surface area (Å²) in [6, 6.07) is 7.87. The van der Waals surface area contributed by atoms with Crippen LogP contribution in [0.2, 0.25) is 0 Å². The van der Waals surface area contributed by atoms with Crippen molar-refractivity contribution < 1.29 is 9.53 Å². The molecule has 25 heavy (non-hydrogen) atoms. The van der Waals surface area contributed by atoms with E-state index in [4.69, 9.17) is 4.74 Å². The van der Waals surface area contributed by atoms with Gasteiger partial charge in [0.2, 0.25) is 5.91 Å². The topological polar surface area (TPSA) is 103 Å². The molecule has 0 radical (unpaired) electrons. The summed E-state index contributed by atoms with van der Waals surface area (Å²) in [7, 11) is 0. The third-order valence-corrected chi connectivity index (χ3v) is 5.25. The number of morpholine rings is 1. The first kappa shape index (κ1) is 16.2. The van der Waals surface area contributed by atoms with Gasteiger partial charge >= 0.3 is 5.69 Å². The number of nitrogens with one attached hydrogen (secondary N) is 3. The zero-order chi connectivity index (χ0) is 17.2. The van der Waals surface area contributed by atoms with Crippen LogP contribution in [0.5, 0.6) is 0 Å². The minimum Gasteiger partial charge on any atom is -0.371 e. The normalized spacial score (nSPS) is 22.2. The van der Waals surface area contributed by atoms with E-state index in [1.165, 1.54) is 11.8 Å². The number of ether oxygens (including phenoxy) is 1. The van der Waals surface area contributed by atoms with Crippen molar-refractivity contribution in [3.8, 4) is 0 Å². The quantitative estimate of drug-likeness (QED) is 0.692. The molecule has 132 valence electrons. The Morgan fingerprint density at radius 1 is 1.28 bits per heavy atom. The molecule has 1 aromatic heterocycles. The minimum atomic E-state index is -0.380. The lowest BCUT2D eigenvalue weighted by molar-refractivity contribution is -0.113. The van der Waals surface area contributed by atoms with Crippen LogP contribution in [0.4, 0.5) is 11.4 Å². The summed E-state index contributed by atoms with van der Waals surface area (Å²) in [5, 5.41) is 9.26. The second-order valence-electron chi connectivity index (χ2n) is 6.23. The number of amides is 1. The van der Waals surface area contributed by atoms with Crippen LogP contribution in [0.25, 0.3) is 0 Å². The van der Waals surface area contributed by atoms with E-state index in [9.17, 15) is 9.59 Å². The summed E-state index contributed by atoms with van der Waals surface area (Å²) in [4.78, 5) is 27.8. The monoisotopic (exact) mass is 361 g/mol. The summed E-state index contributed by atoms with van der Waals surface area (Å²) in [6.07, 6.45) is 3.00. The number of aromatic nitrogens is 3. The standard InChI is InChI=1S/C16H19N5O3S/c22-14(9-25-16-18-15(23)19-20-16)17-10-1-3-11(4-2-10)21-7-12-5-6-13(8-21)24-12/h1-4,12-13H,5-9H2,(H,17,22)(H2,18,19,20,23). The van der Waals surface area contributed by atoms with Gasteiger partial charge in [-0.3, -0.25) is 9.78 Å². The fourth-order valence-corrected chi connectivity index (χ4v) is 3.85. The number of rotatable bonds is 5. The van der Waals surface area contributed by atoms with E-state index in [0.29, 0.717) is 17.4 Å². The highest BCUT2D eigenvalue weighted by molar-refractivity contribution is 7.99. The smallest absolute Gasteiger partial charge is 0.341 e. The zero-order valence-corrected chi connectivity index (χ0v) is 14.3. The van der Waals surface area contributed by atoms with Gasteiger partial charge in [0.05, 0.1) is 18.0 Å². The molecule has 0 spiro atoms. The van der Waals surface area contributed by atoms with E-state index in [2.05, 4.69) is 25.4 Å². The first-order valence-corrected chi connectivity index (χ1v) is 9.22. The number of benzene rings is 1. The highest BCUT2D eigenvalue weighted by Gasteiger charge is 2.33. The lowest BCUT2D eigenvalue weighted by Crippen LogP contribution is -2.42. The van der Waals surface area contributed by atoms with Gasteiger partial charge in [-0.15, -0.1) is 5.10 Å². The average Bonchev–Trinajstić information content (AvgIpc) is 3.18. The predicted octanol–water partition coefficient (Wildman–Crippen LogP) is 1.20. The Kier molecular flexibility index (Phi) is 4.50. The van der Waals surface area contributed by atoms with Gasteiger partial charge in [0.15, 0.2) is 5.16 Å². The molecule has 2 bridgehead atoms. The third-order valence-electron chi connectivity index (χ3n) is 4.38. The Morgan fingerprint density at radius 2 is 2.00 bits per heavy atom. The number of hydrogen-bond acceptors (Lipinski definition) is 6. The maximum absolute atomic E-state index is 12.0. The second kappa shape index (κ2) is 6.93. The Bertz CT molecular complexity index is 791. The summed E-state index contributed by atoms with van der Waals surface area (Å²) in [5.41, 5.74) is 1.53. The Balaban J connectivity index is 1.31. The van der Waals surface area contributed by atoms with Crippen LogP contribution >= 0.6 is 11.8 Å².